The van der Waals surface area contributed by atoms with Gasteiger partial charge in [0.25, 0.3) is 0 Å². The molecule has 0 fully saturated rings. The SMILES string of the molecule is CCCn1ncc(Cl)c1C(O)CCCc1cccs1. The summed E-state index contributed by atoms with van der Waals surface area (Å²) in [5.74, 6) is 0. The highest BCUT2D eigenvalue weighted by atomic mass is 35.5. The Hall–Kier alpha value is -0.840. The van der Waals surface area contributed by atoms with Crippen molar-refractivity contribution in [3.8, 4) is 0 Å². The average molecular weight is 299 g/mol. The number of aromatic nitrogens is 2. The van der Waals surface area contributed by atoms with Crippen LogP contribution in [0.3, 0.4) is 0 Å². The number of hydrogen-bond acceptors (Lipinski definition) is 3. The van der Waals surface area contributed by atoms with Crippen LogP contribution in [0.25, 0.3) is 0 Å². The van der Waals surface area contributed by atoms with Gasteiger partial charge in [-0.25, -0.2) is 0 Å². The largest absolute Gasteiger partial charge is 0.387 e. The zero-order valence-corrected chi connectivity index (χ0v) is 12.6. The zero-order valence-electron chi connectivity index (χ0n) is 11.1. The molecule has 0 aliphatic carbocycles. The number of nitrogens with zero attached hydrogens (tertiary/aromatic N) is 2. The van der Waals surface area contributed by atoms with E-state index in [-0.39, 0.29) is 0 Å². The van der Waals surface area contributed by atoms with Crippen molar-refractivity contribution in [1.29, 1.82) is 0 Å². The molecule has 1 unspecified atom stereocenters. The molecule has 5 heteroatoms. The lowest BCUT2D eigenvalue weighted by Gasteiger charge is -2.13. The molecule has 2 aromatic heterocycles. The van der Waals surface area contributed by atoms with Gasteiger partial charge in [0.15, 0.2) is 0 Å². The summed E-state index contributed by atoms with van der Waals surface area (Å²) in [4.78, 5) is 1.36. The predicted octanol–water partition coefficient (Wildman–Crippen LogP) is 4.06. The fourth-order valence-electron chi connectivity index (χ4n) is 2.15. The second-order valence-electron chi connectivity index (χ2n) is 4.59. The molecular weight excluding hydrogens is 280 g/mol. The summed E-state index contributed by atoms with van der Waals surface area (Å²) in [6, 6.07) is 4.19. The van der Waals surface area contributed by atoms with Crippen molar-refractivity contribution >= 4 is 22.9 Å². The maximum atomic E-state index is 10.3. The lowest BCUT2D eigenvalue weighted by atomic mass is 10.1. The number of rotatable bonds is 7. The van der Waals surface area contributed by atoms with E-state index >= 15 is 0 Å². The molecule has 2 rings (SSSR count). The maximum Gasteiger partial charge on any atom is 0.0971 e. The van der Waals surface area contributed by atoms with Crippen molar-refractivity contribution in [2.75, 3.05) is 0 Å². The van der Waals surface area contributed by atoms with E-state index in [1.165, 1.54) is 4.88 Å². The molecule has 0 aliphatic rings. The van der Waals surface area contributed by atoms with Crippen LogP contribution >= 0.6 is 22.9 Å². The molecule has 0 spiro atoms. The van der Waals surface area contributed by atoms with Gasteiger partial charge in [-0.1, -0.05) is 24.6 Å². The number of thiophene rings is 1. The van der Waals surface area contributed by atoms with Gasteiger partial charge in [0, 0.05) is 11.4 Å². The number of halogens is 1. The molecule has 0 radical (unpaired) electrons. The first-order valence-corrected chi connectivity index (χ1v) is 7.89. The first kappa shape index (κ1) is 14.6. The Balaban J connectivity index is 1.91. The van der Waals surface area contributed by atoms with Crippen molar-refractivity contribution in [3.63, 3.8) is 0 Å². The highest BCUT2D eigenvalue weighted by Gasteiger charge is 2.17. The molecule has 104 valence electrons. The summed E-state index contributed by atoms with van der Waals surface area (Å²) < 4.78 is 1.82. The van der Waals surface area contributed by atoms with Crippen LogP contribution in [0.15, 0.2) is 23.7 Å². The molecular formula is C14H19ClN2OS. The molecule has 0 amide bonds. The molecule has 2 aromatic rings. The third-order valence-corrected chi connectivity index (χ3v) is 4.29. The standard InChI is InChI=1S/C14H19ClN2OS/c1-2-8-17-14(12(15)10-16-17)13(18)7-3-5-11-6-4-9-19-11/h4,6,9-10,13,18H,2-3,5,7-8H2,1H3. The number of hydrogen-bond donors (Lipinski definition) is 1. The molecule has 0 bridgehead atoms. The normalized spacial score (nSPS) is 12.8. The maximum absolute atomic E-state index is 10.3. The van der Waals surface area contributed by atoms with Gasteiger partial charge in [-0.3, -0.25) is 4.68 Å². The van der Waals surface area contributed by atoms with Gasteiger partial charge in [0.1, 0.15) is 0 Å². The molecule has 0 aliphatic heterocycles. The van der Waals surface area contributed by atoms with Crippen LogP contribution in [0, 0.1) is 0 Å². The third kappa shape index (κ3) is 3.81. The second kappa shape index (κ2) is 7.08. The molecule has 3 nitrogen and oxygen atoms in total. The first-order chi connectivity index (χ1) is 9.22. The van der Waals surface area contributed by atoms with Crippen molar-refractivity contribution in [1.82, 2.24) is 9.78 Å². The number of aliphatic hydroxyl groups excluding tert-OH is 1. The fraction of sp³-hybridized carbons (Fsp3) is 0.500. The minimum Gasteiger partial charge on any atom is -0.387 e. The smallest absolute Gasteiger partial charge is 0.0971 e. The van der Waals surface area contributed by atoms with Crippen molar-refractivity contribution in [3.05, 3.63) is 39.3 Å². The monoisotopic (exact) mass is 298 g/mol. The van der Waals surface area contributed by atoms with E-state index in [1.54, 1.807) is 17.5 Å². The molecule has 0 saturated carbocycles. The van der Waals surface area contributed by atoms with Crippen LogP contribution in [0.1, 0.15) is 42.9 Å². The minimum atomic E-state index is -0.526. The summed E-state index contributed by atoms with van der Waals surface area (Å²) in [6.45, 7) is 2.88. The molecule has 1 atom stereocenters. The fourth-order valence-corrected chi connectivity index (χ4v) is 3.17. The van der Waals surface area contributed by atoms with E-state index in [1.807, 2.05) is 4.68 Å². The molecule has 2 heterocycles. The van der Waals surface area contributed by atoms with Gasteiger partial charge >= 0.3 is 0 Å². The lowest BCUT2D eigenvalue weighted by molar-refractivity contribution is 0.153. The predicted molar refractivity (Wildman–Crippen MR) is 79.7 cm³/mol. The van der Waals surface area contributed by atoms with E-state index in [0.29, 0.717) is 11.4 Å². The van der Waals surface area contributed by atoms with Gasteiger partial charge in [-0.05, 0) is 37.1 Å². The van der Waals surface area contributed by atoms with Crippen LogP contribution < -0.4 is 0 Å². The van der Waals surface area contributed by atoms with Gasteiger partial charge in [0.05, 0.1) is 23.0 Å². The first-order valence-electron chi connectivity index (χ1n) is 6.64. The molecule has 0 aromatic carbocycles. The molecule has 19 heavy (non-hydrogen) atoms. The van der Waals surface area contributed by atoms with Crippen LogP contribution in [-0.2, 0) is 13.0 Å². The van der Waals surface area contributed by atoms with Crippen LogP contribution in [0.5, 0.6) is 0 Å². The minimum absolute atomic E-state index is 0.526. The molecule has 0 saturated heterocycles. The van der Waals surface area contributed by atoms with E-state index in [0.717, 1.165) is 31.5 Å². The Morgan fingerprint density at radius 2 is 2.37 bits per heavy atom. The summed E-state index contributed by atoms with van der Waals surface area (Å²) in [6.07, 6.45) is 4.75. The summed E-state index contributed by atoms with van der Waals surface area (Å²) in [5, 5.41) is 17.1. The Labute approximate surface area is 122 Å². The Morgan fingerprint density at radius 1 is 1.53 bits per heavy atom. The van der Waals surface area contributed by atoms with Crippen LogP contribution in [-0.4, -0.2) is 14.9 Å². The second-order valence-corrected chi connectivity index (χ2v) is 6.03. The summed E-state index contributed by atoms with van der Waals surface area (Å²) in [5.41, 5.74) is 0.759. The zero-order chi connectivity index (χ0) is 13.7. The van der Waals surface area contributed by atoms with Gasteiger partial charge in [-0.15, -0.1) is 11.3 Å². The molecule has 1 N–H and O–H groups in total. The Bertz CT molecular complexity index is 496. The Morgan fingerprint density at radius 3 is 3.05 bits per heavy atom. The van der Waals surface area contributed by atoms with Crippen molar-refractivity contribution < 1.29 is 5.11 Å². The number of aryl methyl sites for hydroxylation is 2. The van der Waals surface area contributed by atoms with Gasteiger partial charge in [-0.2, -0.15) is 5.10 Å². The van der Waals surface area contributed by atoms with Crippen molar-refractivity contribution in [2.45, 2.75) is 45.3 Å². The van der Waals surface area contributed by atoms with Gasteiger partial charge in [0.2, 0.25) is 0 Å². The van der Waals surface area contributed by atoms with E-state index in [2.05, 4.69) is 29.5 Å². The van der Waals surface area contributed by atoms with Crippen LogP contribution in [0.2, 0.25) is 5.02 Å². The summed E-state index contributed by atoms with van der Waals surface area (Å²) in [7, 11) is 0. The quantitative estimate of drug-likeness (QED) is 0.837. The van der Waals surface area contributed by atoms with E-state index in [4.69, 9.17) is 11.6 Å². The van der Waals surface area contributed by atoms with E-state index < -0.39 is 6.10 Å². The van der Waals surface area contributed by atoms with Crippen molar-refractivity contribution in [2.24, 2.45) is 0 Å². The summed E-state index contributed by atoms with van der Waals surface area (Å²) >= 11 is 7.87. The highest BCUT2D eigenvalue weighted by Crippen LogP contribution is 2.27. The van der Waals surface area contributed by atoms with Crippen LogP contribution in [0.4, 0.5) is 0 Å². The third-order valence-electron chi connectivity index (χ3n) is 3.07. The Kier molecular flexibility index (Phi) is 5.43. The van der Waals surface area contributed by atoms with E-state index in [9.17, 15) is 5.11 Å². The highest BCUT2D eigenvalue weighted by molar-refractivity contribution is 7.09. The number of aliphatic hydroxyl groups is 1. The lowest BCUT2D eigenvalue weighted by Crippen LogP contribution is -2.09. The van der Waals surface area contributed by atoms with Gasteiger partial charge < -0.3 is 5.11 Å². The average Bonchev–Trinajstić information content (AvgIpc) is 3.00. The topological polar surface area (TPSA) is 38.0 Å².